The Morgan fingerprint density at radius 3 is 2.60 bits per heavy atom. The van der Waals surface area contributed by atoms with Gasteiger partial charge < -0.3 is 4.74 Å². The van der Waals surface area contributed by atoms with E-state index in [1.807, 2.05) is 36.4 Å². The number of aldehydes is 1. The van der Waals surface area contributed by atoms with Gasteiger partial charge in [-0.3, -0.25) is 4.79 Å². The summed E-state index contributed by atoms with van der Waals surface area (Å²) in [5.41, 5.74) is 1.16. The second-order valence-corrected chi connectivity index (χ2v) is 2.95. The van der Waals surface area contributed by atoms with Crippen molar-refractivity contribution in [3.05, 3.63) is 60.2 Å². The summed E-state index contributed by atoms with van der Waals surface area (Å²) in [5.74, 6) is 0. The zero-order valence-electron chi connectivity index (χ0n) is 8.50. The highest BCUT2D eigenvalue weighted by Crippen LogP contribution is 1.99. The van der Waals surface area contributed by atoms with E-state index in [0.29, 0.717) is 13.2 Å². The van der Waals surface area contributed by atoms with Crippen molar-refractivity contribution in [2.24, 2.45) is 0 Å². The second kappa shape index (κ2) is 7.71. The Labute approximate surface area is 89.9 Å². The van der Waals surface area contributed by atoms with Crippen LogP contribution in [0.15, 0.2) is 54.6 Å². The predicted octanol–water partition coefficient (Wildman–Crippen LogP) is 2.51. The van der Waals surface area contributed by atoms with Gasteiger partial charge in [-0.25, -0.2) is 0 Å². The molecule has 2 heteroatoms. The molecule has 0 fully saturated rings. The molecule has 0 bridgehead atoms. The molecule has 0 aliphatic carbocycles. The maximum absolute atomic E-state index is 9.93. The molecule has 0 atom stereocenters. The third-order valence-corrected chi connectivity index (χ3v) is 1.76. The van der Waals surface area contributed by atoms with E-state index in [4.69, 9.17) is 4.74 Å². The molecule has 0 heterocycles. The minimum Gasteiger partial charge on any atom is -0.373 e. The lowest BCUT2D eigenvalue weighted by Crippen LogP contribution is -1.91. The number of carbonyl (C=O) groups excluding carboxylic acids is 1. The van der Waals surface area contributed by atoms with Crippen LogP contribution in [0.4, 0.5) is 0 Å². The molecule has 0 saturated carbocycles. The first kappa shape index (κ1) is 11.4. The number of allylic oxidation sites excluding steroid dienone is 3. The van der Waals surface area contributed by atoms with Crippen molar-refractivity contribution in [2.45, 2.75) is 6.61 Å². The highest BCUT2D eigenvalue weighted by Gasteiger charge is 1.88. The Morgan fingerprint density at radius 2 is 1.87 bits per heavy atom. The SMILES string of the molecule is O=C/C=C/C=C/COCc1ccccc1. The summed E-state index contributed by atoms with van der Waals surface area (Å²) in [6, 6.07) is 10.0. The average Bonchev–Trinajstić information content (AvgIpc) is 2.29. The van der Waals surface area contributed by atoms with Crippen LogP contribution in [-0.2, 0) is 16.1 Å². The normalized spacial score (nSPS) is 11.2. The largest absolute Gasteiger partial charge is 0.373 e. The van der Waals surface area contributed by atoms with Crippen molar-refractivity contribution in [3.8, 4) is 0 Å². The average molecular weight is 202 g/mol. The Morgan fingerprint density at radius 1 is 1.07 bits per heavy atom. The van der Waals surface area contributed by atoms with E-state index in [1.165, 1.54) is 6.08 Å². The fourth-order valence-electron chi connectivity index (χ4n) is 1.06. The lowest BCUT2D eigenvalue weighted by Gasteiger charge is -1.99. The molecular formula is C13H14O2. The molecule has 2 nitrogen and oxygen atoms in total. The van der Waals surface area contributed by atoms with Gasteiger partial charge >= 0.3 is 0 Å². The van der Waals surface area contributed by atoms with E-state index in [0.717, 1.165) is 11.8 Å². The number of hydrogen-bond acceptors (Lipinski definition) is 2. The summed E-state index contributed by atoms with van der Waals surface area (Å²) in [6.07, 6.45) is 7.52. The minimum atomic E-state index is 0.554. The maximum Gasteiger partial charge on any atom is 0.142 e. The van der Waals surface area contributed by atoms with Crippen LogP contribution < -0.4 is 0 Å². The molecule has 0 aliphatic heterocycles. The summed E-state index contributed by atoms with van der Waals surface area (Å²) in [7, 11) is 0. The number of hydrogen-bond donors (Lipinski definition) is 0. The van der Waals surface area contributed by atoms with Gasteiger partial charge in [0.1, 0.15) is 6.29 Å². The molecule has 1 aromatic carbocycles. The first-order valence-corrected chi connectivity index (χ1v) is 4.82. The van der Waals surface area contributed by atoms with E-state index in [9.17, 15) is 4.79 Å². The third kappa shape index (κ3) is 5.60. The minimum absolute atomic E-state index is 0.554. The van der Waals surface area contributed by atoms with Gasteiger partial charge in [-0.1, -0.05) is 48.6 Å². The van der Waals surface area contributed by atoms with Crippen LogP contribution in [-0.4, -0.2) is 12.9 Å². The first-order valence-electron chi connectivity index (χ1n) is 4.82. The van der Waals surface area contributed by atoms with Crippen LogP contribution in [0.1, 0.15) is 5.56 Å². The van der Waals surface area contributed by atoms with Crippen LogP contribution in [0, 0.1) is 0 Å². The van der Waals surface area contributed by atoms with Crippen LogP contribution >= 0.6 is 0 Å². The molecule has 1 rings (SSSR count). The Kier molecular flexibility index (Phi) is 5.86. The van der Waals surface area contributed by atoms with Crippen molar-refractivity contribution in [3.63, 3.8) is 0 Å². The first-order chi connectivity index (χ1) is 7.43. The Bertz CT molecular complexity index is 326. The lowest BCUT2D eigenvalue weighted by atomic mass is 10.2. The smallest absolute Gasteiger partial charge is 0.142 e. The fraction of sp³-hybridized carbons (Fsp3) is 0.154. The molecular weight excluding hydrogens is 188 g/mol. The zero-order valence-corrected chi connectivity index (χ0v) is 8.50. The molecule has 15 heavy (non-hydrogen) atoms. The van der Waals surface area contributed by atoms with E-state index in [-0.39, 0.29) is 0 Å². The topological polar surface area (TPSA) is 26.3 Å². The number of ether oxygens (including phenoxy) is 1. The van der Waals surface area contributed by atoms with E-state index in [2.05, 4.69) is 0 Å². The number of carbonyl (C=O) groups is 1. The maximum atomic E-state index is 9.93. The highest BCUT2D eigenvalue weighted by molar-refractivity contribution is 5.65. The molecule has 0 N–H and O–H groups in total. The van der Waals surface area contributed by atoms with Gasteiger partial charge in [0.05, 0.1) is 13.2 Å². The highest BCUT2D eigenvalue weighted by atomic mass is 16.5. The van der Waals surface area contributed by atoms with Gasteiger partial charge in [-0.05, 0) is 11.6 Å². The van der Waals surface area contributed by atoms with E-state index < -0.39 is 0 Å². The van der Waals surface area contributed by atoms with Gasteiger partial charge in [-0.2, -0.15) is 0 Å². The standard InChI is InChI=1S/C13H14O2/c14-10-6-1-2-7-11-15-12-13-8-4-3-5-9-13/h1-10H,11-12H2/b6-1+,7-2+. The van der Waals surface area contributed by atoms with E-state index in [1.54, 1.807) is 12.2 Å². The zero-order chi connectivity index (χ0) is 10.8. The van der Waals surface area contributed by atoms with Crippen LogP contribution in [0.2, 0.25) is 0 Å². The number of rotatable bonds is 6. The van der Waals surface area contributed by atoms with Gasteiger partial charge in [-0.15, -0.1) is 0 Å². The lowest BCUT2D eigenvalue weighted by molar-refractivity contribution is -0.104. The van der Waals surface area contributed by atoms with Crippen LogP contribution in [0.3, 0.4) is 0 Å². The molecule has 1 aromatic rings. The second-order valence-electron chi connectivity index (χ2n) is 2.95. The molecule has 78 valence electrons. The van der Waals surface area contributed by atoms with Gasteiger partial charge in [0.15, 0.2) is 0 Å². The van der Waals surface area contributed by atoms with E-state index >= 15 is 0 Å². The summed E-state index contributed by atoms with van der Waals surface area (Å²) in [5, 5.41) is 0. The summed E-state index contributed by atoms with van der Waals surface area (Å²) in [6.45, 7) is 1.17. The molecule has 0 saturated heterocycles. The summed E-state index contributed by atoms with van der Waals surface area (Å²) < 4.78 is 5.39. The summed E-state index contributed by atoms with van der Waals surface area (Å²) >= 11 is 0. The molecule has 0 aromatic heterocycles. The monoisotopic (exact) mass is 202 g/mol. The Hall–Kier alpha value is -1.67. The van der Waals surface area contributed by atoms with Crippen LogP contribution in [0.25, 0.3) is 0 Å². The van der Waals surface area contributed by atoms with Crippen molar-refractivity contribution < 1.29 is 9.53 Å². The molecule has 0 aliphatic rings. The number of benzene rings is 1. The van der Waals surface area contributed by atoms with Gasteiger partial charge in [0.25, 0.3) is 0 Å². The Balaban J connectivity index is 2.14. The fourth-order valence-corrected chi connectivity index (χ4v) is 1.06. The van der Waals surface area contributed by atoms with Crippen molar-refractivity contribution in [1.82, 2.24) is 0 Å². The van der Waals surface area contributed by atoms with Crippen LogP contribution in [0.5, 0.6) is 0 Å². The quantitative estimate of drug-likeness (QED) is 0.306. The third-order valence-electron chi connectivity index (χ3n) is 1.76. The van der Waals surface area contributed by atoms with Crippen molar-refractivity contribution in [2.75, 3.05) is 6.61 Å². The predicted molar refractivity (Wildman–Crippen MR) is 60.4 cm³/mol. The van der Waals surface area contributed by atoms with Crippen molar-refractivity contribution >= 4 is 6.29 Å². The molecule has 0 spiro atoms. The van der Waals surface area contributed by atoms with Crippen molar-refractivity contribution in [1.29, 1.82) is 0 Å². The molecule has 0 unspecified atom stereocenters. The van der Waals surface area contributed by atoms with Gasteiger partial charge in [0, 0.05) is 0 Å². The summed E-state index contributed by atoms with van der Waals surface area (Å²) in [4.78, 5) is 9.93. The molecule has 0 amide bonds. The molecule has 0 radical (unpaired) electrons. The van der Waals surface area contributed by atoms with Gasteiger partial charge in [0.2, 0.25) is 0 Å².